The molecule has 0 fully saturated rings. The van der Waals surface area contributed by atoms with Crippen LogP contribution in [0.4, 0.5) is 17.1 Å². The zero-order chi connectivity index (χ0) is 28.8. The van der Waals surface area contributed by atoms with E-state index in [1.165, 1.54) is 31.5 Å². The first-order valence-corrected chi connectivity index (χ1v) is 13.8. The van der Waals surface area contributed by atoms with Crippen molar-refractivity contribution in [3.8, 4) is 22.7 Å². The quantitative estimate of drug-likeness (QED) is 0.125. The Morgan fingerprint density at radius 1 is 0.927 bits per heavy atom. The molecule has 0 unspecified atom stereocenters. The number of nitro groups is 1. The standard InChI is InChI=1S/C29H24N6O5S/c1-40-28-15-9-8-14-26(28)33-41(38,39)24-16-17-25(27(18-24)35(36)37)31-30-19-22-20-34(23-12-6-3-7-13-23)32-29(22)21-10-4-2-5-11-21/h2-20,31,33H,1H3. The van der Waals surface area contributed by atoms with Gasteiger partial charge in [0.25, 0.3) is 15.7 Å². The van der Waals surface area contributed by atoms with Crippen molar-refractivity contribution in [3.05, 3.63) is 125 Å². The summed E-state index contributed by atoms with van der Waals surface area (Å²) < 4.78 is 35.3. The number of para-hydroxylation sites is 3. The minimum Gasteiger partial charge on any atom is -0.495 e. The summed E-state index contributed by atoms with van der Waals surface area (Å²) in [5.41, 5.74) is 5.47. The fourth-order valence-electron chi connectivity index (χ4n) is 4.04. The predicted molar refractivity (Wildman–Crippen MR) is 157 cm³/mol. The van der Waals surface area contributed by atoms with Crippen LogP contribution in [-0.4, -0.2) is 36.4 Å². The number of ether oxygens (including phenoxy) is 1. The fourth-order valence-corrected chi connectivity index (χ4v) is 5.13. The summed E-state index contributed by atoms with van der Waals surface area (Å²) in [4.78, 5) is 10.9. The average Bonchev–Trinajstić information content (AvgIpc) is 3.42. The maximum Gasteiger partial charge on any atom is 0.295 e. The molecule has 0 bridgehead atoms. The van der Waals surface area contributed by atoms with Crippen LogP contribution in [0.15, 0.2) is 119 Å². The maximum atomic E-state index is 13.0. The number of sulfonamides is 1. The lowest BCUT2D eigenvalue weighted by Crippen LogP contribution is -2.14. The highest BCUT2D eigenvalue weighted by Crippen LogP contribution is 2.31. The Bertz CT molecular complexity index is 1820. The third-order valence-electron chi connectivity index (χ3n) is 6.03. The third kappa shape index (κ3) is 6.07. The van der Waals surface area contributed by atoms with E-state index < -0.39 is 20.6 Å². The van der Waals surface area contributed by atoms with Gasteiger partial charge in [0.1, 0.15) is 17.1 Å². The molecule has 0 radical (unpaired) electrons. The number of nitrogens with one attached hydrogen (secondary N) is 2. The molecule has 0 saturated heterocycles. The molecule has 41 heavy (non-hydrogen) atoms. The van der Waals surface area contributed by atoms with Crippen molar-refractivity contribution in [3.63, 3.8) is 0 Å². The summed E-state index contributed by atoms with van der Waals surface area (Å²) in [5.74, 6) is 0.309. The van der Waals surface area contributed by atoms with Gasteiger partial charge in [0.15, 0.2) is 0 Å². The van der Waals surface area contributed by atoms with Gasteiger partial charge < -0.3 is 4.74 Å². The topological polar surface area (TPSA) is 141 Å². The van der Waals surface area contributed by atoms with E-state index >= 15 is 0 Å². The summed E-state index contributed by atoms with van der Waals surface area (Å²) in [7, 11) is -2.74. The number of nitro benzene ring substituents is 1. The molecule has 1 heterocycles. The molecule has 0 aliphatic carbocycles. The molecule has 0 saturated carbocycles. The number of aromatic nitrogens is 2. The SMILES string of the molecule is COc1ccccc1NS(=O)(=O)c1ccc(NN=Cc2cn(-c3ccccc3)nc2-c2ccccc2)c([N+](=O)[O-])c1. The summed E-state index contributed by atoms with van der Waals surface area (Å²) in [6.07, 6.45) is 3.31. The average molecular weight is 569 g/mol. The second-order valence-electron chi connectivity index (χ2n) is 8.69. The summed E-state index contributed by atoms with van der Waals surface area (Å²) in [6, 6.07) is 29.1. The van der Waals surface area contributed by atoms with Gasteiger partial charge in [-0.15, -0.1) is 0 Å². The van der Waals surface area contributed by atoms with Crippen molar-refractivity contribution in [1.29, 1.82) is 0 Å². The van der Waals surface area contributed by atoms with Gasteiger partial charge in [0.05, 0.1) is 34.5 Å². The van der Waals surface area contributed by atoms with Crippen molar-refractivity contribution >= 4 is 33.3 Å². The lowest BCUT2D eigenvalue weighted by molar-refractivity contribution is -0.384. The third-order valence-corrected chi connectivity index (χ3v) is 7.39. The van der Waals surface area contributed by atoms with Gasteiger partial charge in [0, 0.05) is 23.4 Å². The largest absolute Gasteiger partial charge is 0.495 e. The number of nitrogens with zero attached hydrogens (tertiary/aromatic N) is 4. The van der Waals surface area contributed by atoms with E-state index in [-0.39, 0.29) is 16.3 Å². The van der Waals surface area contributed by atoms with Gasteiger partial charge in [-0.05, 0) is 36.4 Å². The number of hydrazone groups is 1. The second kappa shape index (κ2) is 11.7. The smallest absolute Gasteiger partial charge is 0.295 e. The highest BCUT2D eigenvalue weighted by Gasteiger charge is 2.22. The van der Waals surface area contributed by atoms with Gasteiger partial charge in [-0.25, -0.2) is 13.1 Å². The number of methoxy groups -OCH3 is 1. The molecule has 0 amide bonds. The summed E-state index contributed by atoms with van der Waals surface area (Å²) in [6.45, 7) is 0. The van der Waals surface area contributed by atoms with Gasteiger partial charge in [-0.1, -0.05) is 60.7 Å². The van der Waals surface area contributed by atoms with Crippen LogP contribution in [0.3, 0.4) is 0 Å². The lowest BCUT2D eigenvalue weighted by Gasteiger charge is -2.12. The fraction of sp³-hybridized carbons (Fsp3) is 0.0345. The molecule has 11 nitrogen and oxygen atoms in total. The Hall–Kier alpha value is -5.49. The van der Waals surface area contributed by atoms with Crippen molar-refractivity contribution < 1.29 is 18.1 Å². The van der Waals surface area contributed by atoms with Crippen LogP contribution in [0.2, 0.25) is 0 Å². The minimum absolute atomic E-state index is 0.0132. The summed E-state index contributed by atoms with van der Waals surface area (Å²) in [5, 5.41) is 20.8. The van der Waals surface area contributed by atoms with E-state index in [1.54, 1.807) is 29.1 Å². The zero-order valence-electron chi connectivity index (χ0n) is 21.7. The van der Waals surface area contributed by atoms with Gasteiger partial charge in [0.2, 0.25) is 0 Å². The van der Waals surface area contributed by atoms with Crippen molar-refractivity contribution in [1.82, 2.24) is 9.78 Å². The highest BCUT2D eigenvalue weighted by atomic mass is 32.2. The molecule has 2 N–H and O–H groups in total. The Morgan fingerprint density at radius 2 is 1.61 bits per heavy atom. The Labute approximate surface area is 235 Å². The summed E-state index contributed by atoms with van der Waals surface area (Å²) >= 11 is 0. The molecule has 1 aromatic heterocycles. The van der Waals surface area contributed by atoms with Crippen LogP contribution < -0.4 is 14.9 Å². The molecule has 0 aliphatic heterocycles. The Kier molecular flexibility index (Phi) is 7.74. The Balaban J connectivity index is 1.43. The van der Waals surface area contributed by atoms with E-state index in [2.05, 4.69) is 15.2 Å². The molecule has 0 atom stereocenters. The zero-order valence-corrected chi connectivity index (χ0v) is 22.5. The second-order valence-corrected chi connectivity index (χ2v) is 10.4. The van der Waals surface area contributed by atoms with E-state index in [9.17, 15) is 18.5 Å². The number of hydrogen-bond donors (Lipinski definition) is 2. The van der Waals surface area contributed by atoms with Crippen molar-refractivity contribution in [2.75, 3.05) is 17.3 Å². The highest BCUT2D eigenvalue weighted by molar-refractivity contribution is 7.92. The van der Waals surface area contributed by atoms with Crippen molar-refractivity contribution in [2.45, 2.75) is 4.90 Å². The van der Waals surface area contributed by atoms with Crippen LogP contribution in [0.25, 0.3) is 16.9 Å². The van der Waals surface area contributed by atoms with Gasteiger partial charge in [-0.3, -0.25) is 20.3 Å². The number of hydrogen-bond acceptors (Lipinski definition) is 8. The van der Waals surface area contributed by atoms with Crippen LogP contribution in [-0.2, 0) is 10.0 Å². The van der Waals surface area contributed by atoms with E-state index in [0.29, 0.717) is 17.0 Å². The number of anilines is 2. The van der Waals surface area contributed by atoms with Crippen molar-refractivity contribution in [2.24, 2.45) is 5.10 Å². The van der Waals surface area contributed by atoms with Crippen LogP contribution in [0.5, 0.6) is 5.75 Å². The first-order chi connectivity index (χ1) is 19.9. The van der Waals surface area contributed by atoms with E-state index in [1.807, 2.05) is 60.7 Å². The molecular formula is C29H24N6O5S. The van der Waals surface area contributed by atoms with Crippen LogP contribution in [0.1, 0.15) is 5.56 Å². The molecule has 0 spiro atoms. The molecule has 5 rings (SSSR count). The maximum absolute atomic E-state index is 13.0. The Morgan fingerprint density at radius 3 is 2.32 bits per heavy atom. The van der Waals surface area contributed by atoms with Gasteiger partial charge >= 0.3 is 0 Å². The molecular weight excluding hydrogens is 544 g/mol. The van der Waals surface area contributed by atoms with Gasteiger partial charge in [-0.2, -0.15) is 10.2 Å². The first kappa shape index (κ1) is 27.1. The molecule has 5 aromatic rings. The number of benzene rings is 4. The molecule has 0 aliphatic rings. The molecule has 206 valence electrons. The van der Waals surface area contributed by atoms with E-state index in [0.717, 1.165) is 17.3 Å². The monoisotopic (exact) mass is 568 g/mol. The van der Waals surface area contributed by atoms with Crippen LogP contribution >= 0.6 is 0 Å². The lowest BCUT2D eigenvalue weighted by atomic mass is 10.1. The molecule has 12 heteroatoms. The minimum atomic E-state index is -4.15. The van der Waals surface area contributed by atoms with E-state index in [4.69, 9.17) is 9.84 Å². The molecule has 4 aromatic carbocycles. The first-order valence-electron chi connectivity index (χ1n) is 12.3. The number of rotatable bonds is 10. The predicted octanol–water partition coefficient (Wildman–Crippen LogP) is 5.70. The van der Waals surface area contributed by atoms with Crippen LogP contribution in [0, 0.1) is 10.1 Å². The normalized spacial score (nSPS) is 11.3.